The first-order valence-corrected chi connectivity index (χ1v) is 10.3. The maximum Gasteiger partial charge on any atom is 0.0121 e. The summed E-state index contributed by atoms with van der Waals surface area (Å²) in [5.41, 5.74) is 2.81. The molecule has 0 saturated heterocycles. The number of unbranched alkanes of at least 4 members (excludes halogenated alkanes) is 9. The maximum atomic E-state index is 2.52. The summed E-state index contributed by atoms with van der Waals surface area (Å²) in [5, 5.41) is 0. The first-order chi connectivity index (χ1) is 12.4. The van der Waals surface area contributed by atoms with Gasteiger partial charge >= 0.3 is 0 Å². The summed E-state index contributed by atoms with van der Waals surface area (Å²) in [5.74, 6) is 0.427. The molecule has 0 aliphatic heterocycles. The molecule has 0 spiro atoms. The van der Waals surface area contributed by atoms with Crippen LogP contribution in [0.25, 0.3) is 0 Å². The van der Waals surface area contributed by atoms with Crippen LogP contribution in [0.15, 0.2) is 60.7 Å². The van der Waals surface area contributed by atoms with E-state index in [1.165, 1.54) is 75.3 Å². The Balaban J connectivity index is 1.69. The van der Waals surface area contributed by atoms with E-state index in [-0.39, 0.29) is 0 Å². The molecule has 25 heavy (non-hydrogen) atoms. The van der Waals surface area contributed by atoms with E-state index in [1.807, 2.05) is 0 Å². The molecule has 135 valence electrons. The molecule has 1 radical (unpaired) electrons. The number of hydrogen-bond acceptors (Lipinski definition) is 0. The fraction of sp³-hybridized carbons (Fsp3) is 0.480. The summed E-state index contributed by atoms with van der Waals surface area (Å²) < 4.78 is 0. The second kappa shape index (κ2) is 12.8. The monoisotopic (exact) mass is 335 g/mol. The molecule has 0 nitrogen and oxygen atoms in total. The van der Waals surface area contributed by atoms with Crippen LogP contribution < -0.4 is 0 Å². The lowest BCUT2D eigenvalue weighted by atomic mass is 9.87. The molecule has 0 heteroatoms. The van der Waals surface area contributed by atoms with Crippen molar-refractivity contribution in [1.82, 2.24) is 0 Å². The van der Waals surface area contributed by atoms with Gasteiger partial charge in [0.2, 0.25) is 0 Å². The molecule has 0 aromatic heterocycles. The Bertz CT molecular complexity index is 489. The van der Waals surface area contributed by atoms with Crippen molar-refractivity contribution in [1.29, 1.82) is 0 Å². The van der Waals surface area contributed by atoms with Crippen molar-refractivity contribution in [3.63, 3.8) is 0 Å². The van der Waals surface area contributed by atoms with Gasteiger partial charge in [-0.25, -0.2) is 0 Å². The van der Waals surface area contributed by atoms with Gasteiger partial charge < -0.3 is 0 Å². The summed E-state index contributed by atoms with van der Waals surface area (Å²) in [7, 11) is 0. The fourth-order valence-corrected chi connectivity index (χ4v) is 3.52. The standard InChI is InChI=1S/C25H35/c1-2-3-4-5-6-7-8-9-10-17-22-25(23-18-13-11-14-19-23)24-20-15-12-16-21-24/h11-16,18-22,25H,2-10,17H2,1H3. The highest BCUT2D eigenvalue weighted by molar-refractivity contribution is 5.35. The number of hydrogen-bond donors (Lipinski definition) is 0. The summed E-state index contributed by atoms with van der Waals surface area (Å²) in [6, 6.07) is 21.8. The zero-order valence-electron chi connectivity index (χ0n) is 16.0. The number of rotatable bonds is 13. The minimum absolute atomic E-state index is 0.427. The molecule has 0 heterocycles. The summed E-state index contributed by atoms with van der Waals surface area (Å²) in [4.78, 5) is 0. The van der Waals surface area contributed by atoms with E-state index in [9.17, 15) is 0 Å². The van der Waals surface area contributed by atoms with Gasteiger partial charge in [0.05, 0.1) is 0 Å². The van der Waals surface area contributed by atoms with E-state index in [2.05, 4.69) is 74.0 Å². The van der Waals surface area contributed by atoms with Gasteiger partial charge in [-0.2, -0.15) is 0 Å². The lowest BCUT2D eigenvalue weighted by Gasteiger charge is -2.17. The van der Waals surface area contributed by atoms with Crippen molar-refractivity contribution in [2.24, 2.45) is 0 Å². The highest BCUT2D eigenvalue weighted by atomic mass is 14.2. The molecule has 2 aromatic carbocycles. The number of benzene rings is 2. The van der Waals surface area contributed by atoms with Crippen LogP contribution in [0.1, 0.15) is 88.2 Å². The minimum Gasteiger partial charge on any atom is -0.0654 e. The zero-order chi connectivity index (χ0) is 17.6. The van der Waals surface area contributed by atoms with Gasteiger partial charge in [0.1, 0.15) is 0 Å². The Morgan fingerprint density at radius 1 is 0.600 bits per heavy atom. The highest BCUT2D eigenvalue weighted by Gasteiger charge is 2.13. The molecule has 0 aliphatic rings. The van der Waals surface area contributed by atoms with Crippen molar-refractivity contribution in [3.05, 3.63) is 78.2 Å². The summed E-state index contributed by atoms with van der Waals surface area (Å²) in [6.45, 7) is 2.29. The van der Waals surface area contributed by atoms with E-state index in [4.69, 9.17) is 0 Å². The van der Waals surface area contributed by atoms with E-state index >= 15 is 0 Å². The Morgan fingerprint density at radius 2 is 1.04 bits per heavy atom. The van der Waals surface area contributed by atoms with Crippen molar-refractivity contribution < 1.29 is 0 Å². The third-order valence-electron chi connectivity index (χ3n) is 5.03. The Kier molecular flexibility index (Phi) is 10.1. The molecule has 0 aliphatic carbocycles. The van der Waals surface area contributed by atoms with Crippen molar-refractivity contribution >= 4 is 0 Å². The van der Waals surface area contributed by atoms with Crippen LogP contribution in [0.3, 0.4) is 0 Å². The SMILES string of the molecule is CCCCCCCCCCC[CH]C(c1ccccc1)c1ccccc1. The van der Waals surface area contributed by atoms with E-state index < -0.39 is 0 Å². The molecule has 0 unspecified atom stereocenters. The quantitative estimate of drug-likeness (QED) is 0.326. The van der Waals surface area contributed by atoms with Crippen LogP contribution >= 0.6 is 0 Å². The van der Waals surface area contributed by atoms with Crippen LogP contribution in [-0.4, -0.2) is 0 Å². The maximum absolute atomic E-state index is 2.52. The molecule has 2 aromatic rings. The van der Waals surface area contributed by atoms with Crippen LogP contribution in [0.4, 0.5) is 0 Å². The van der Waals surface area contributed by atoms with Crippen LogP contribution in [0.2, 0.25) is 0 Å². The molecular formula is C25H35. The molecule has 0 saturated carbocycles. The first-order valence-electron chi connectivity index (χ1n) is 10.3. The normalized spacial score (nSPS) is 11.1. The molecule has 0 amide bonds. The van der Waals surface area contributed by atoms with Gasteiger partial charge in [-0.1, -0.05) is 125 Å². The lowest BCUT2D eigenvalue weighted by Crippen LogP contribution is -2.02. The topological polar surface area (TPSA) is 0 Å². The van der Waals surface area contributed by atoms with Gasteiger partial charge in [-0.05, 0) is 24.0 Å². The summed E-state index contributed by atoms with van der Waals surface area (Å²) in [6.07, 6.45) is 16.3. The Morgan fingerprint density at radius 3 is 1.52 bits per heavy atom. The van der Waals surface area contributed by atoms with Gasteiger partial charge in [0.25, 0.3) is 0 Å². The average molecular weight is 336 g/mol. The first kappa shape index (κ1) is 19.8. The van der Waals surface area contributed by atoms with E-state index in [0.29, 0.717) is 5.92 Å². The van der Waals surface area contributed by atoms with E-state index in [0.717, 1.165) is 0 Å². The molecule has 2 rings (SSSR count). The highest BCUT2D eigenvalue weighted by Crippen LogP contribution is 2.29. The second-order valence-corrected chi connectivity index (χ2v) is 7.15. The van der Waals surface area contributed by atoms with Crippen LogP contribution in [0, 0.1) is 6.42 Å². The molecule has 0 bridgehead atoms. The smallest absolute Gasteiger partial charge is 0.0121 e. The van der Waals surface area contributed by atoms with Crippen molar-refractivity contribution in [2.45, 2.75) is 77.0 Å². The minimum atomic E-state index is 0.427. The predicted molar refractivity (Wildman–Crippen MR) is 111 cm³/mol. The fourth-order valence-electron chi connectivity index (χ4n) is 3.52. The lowest BCUT2D eigenvalue weighted by molar-refractivity contribution is 0.561. The predicted octanol–water partition coefficient (Wildman–Crippen LogP) is 7.94. The largest absolute Gasteiger partial charge is 0.0654 e. The van der Waals surface area contributed by atoms with Gasteiger partial charge in [-0.15, -0.1) is 0 Å². The third kappa shape index (κ3) is 7.90. The average Bonchev–Trinajstić information content (AvgIpc) is 2.67. The molecule has 0 fully saturated rings. The zero-order valence-corrected chi connectivity index (χ0v) is 16.0. The summed E-state index contributed by atoms with van der Waals surface area (Å²) >= 11 is 0. The van der Waals surface area contributed by atoms with Crippen molar-refractivity contribution in [3.8, 4) is 0 Å². The van der Waals surface area contributed by atoms with Gasteiger partial charge in [-0.3, -0.25) is 0 Å². The third-order valence-corrected chi connectivity index (χ3v) is 5.03. The van der Waals surface area contributed by atoms with Gasteiger partial charge in [0.15, 0.2) is 0 Å². The van der Waals surface area contributed by atoms with Crippen LogP contribution in [0.5, 0.6) is 0 Å². The molecule has 0 N–H and O–H groups in total. The van der Waals surface area contributed by atoms with Gasteiger partial charge in [0, 0.05) is 5.92 Å². The Hall–Kier alpha value is -1.56. The van der Waals surface area contributed by atoms with Crippen molar-refractivity contribution in [2.75, 3.05) is 0 Å². The van der Waals surface area contributed by atoms with Crippen LogP contribution in [-0.2, 0) is 0 Å². The Labute approximate surface area is 155 Å². The molecule has 0 atom stereocenters. The van der Waals surface area contributed by atoms with E-state index in [1.54, 1.807) is 0 Å². The second-order valence-electron chi connectivity index (χ2n) is 7.15. The molecular weight excluding hydrogens is 300 g/mol.